The summed E-state index contributed by atoms with van der Waals surface area (Å²) in [6.07, 6.45) is 0.913. The third-order valence-electron chi connectivity index (χ3n) is 2.78. The number of nitrogen functional groups attached to an aromatic ring is 1. The molecular weight excluding hydrogens is 274 g/mol. The van der Waals surface area contributed by atoms with Crippen molar-refractivity contribution >= 4 is 28.2 Å². The Balaban J connectivity index is 2.63. The average molecular weight is 299 g/mol. The molecule has 0 aliphatic heterocycles. The molecule has 0 saturated carbocycles. The highest BCUT2D eigenvalue weighted by Gasteiger charge is 2.19. The van der Waals surface area contributed by atoms with E-state index in [2.05, 4.69) is 29.5 Å². The molecule has 0 radical (unpaired) electrons. The molecule has 0 aliphatic rings. The molecule has 0 bridgehead atoms. The van der Waals surface area contributed by atoms with Crippen molar-refractivity contribution in [2.75, 3.05) is 44.8 Å². The molecule has 6 nitrogen and oxygen atoms in total. The Bertz CT molecular complexity index is 432. The molecule has 0 atom stereocenters. The summed E-state index contributed by atoms with van der Waals surface area (Å²) in [6, 6.07) is 0. The van der Waals surface area contributed by atoms with E-state index in [1.165, 1.54) is 11.3 Å². The average Bonchev–Trinajstić information content (AvgIpc) is 2.77. The van der Waals surface area contributed by atoms with Crippen LogP contribution in [0.15, 0.2) is 0 Å². The number of anilines is 2. The van der Waals surface area contributed by atoms with Crippen molar-refractivity contribution in [2.24, 2.45) is 5.92 Å². The predicted octanol–water partition coefficient (Wildman–Crippen LogP) is 1.47. The van der Waals surface area contributed by atoms with Crippen molar-refractivity contribution in [1.29, 1.82) is 0 Å². The van der Waals surface area contributed by atoms with Gasteiger partial charge in [0, 0.05) is 20.1 Å². The molecule has 1 aromatic heterocycles. The van der Waals surface area contributed by atoms with Gasteiger partial charge in [0.05, 0.1) is 0 Å². The largest absolute Gasteiger partial charge is 0.382 e. The Kier molecular flexibility index (Phi) is 6.74. The van der Waals surface area contributed by atoms with Crippen molar-refractivity contribution in [2.45, 2.75) is 20.3 Å². The standard InChI is InChI=1S/C13H25N5OS/c1-9(2)8-16-13-17-11(14)10(20-13)12(19)18(4)7-5-6-15-3/h9,15H,5-8,14H2,1-4H3,(H,16,17). The van der Waals surface area contributed by atoms with E-state index in [1.54, 1.807) is 11.9 Å². The van der Waals surface area contributed by atoms with Crippen molar-refractivity contribution in [3.63, 3.8) is 0 Å². The molecular formula is C13H25N5OS. The van der Waals surface area contributed by atoms with Gasteiger partial charge in [-0.25, -0.2) is 4.98 Å². The van der Waals surface area contributed by atoms with Gasteiger partial charge in [-0.3, -0.25) is 4.79 Å². The summed E-state index contributed by atoms with van der Waals surface area (Å²) in [6.45, 7) is 6.64. The second kappa shape index (κ2) is 8.06. The van der Waals surface area contributed by atoms with Crippen LogP contribution in [-0.2, 0) is 0 Å². The number of amides is 1. The van der Waals surface area contributed by atoms with Gasteiger partial charge < -0.3 is 21.3 Å². The van der Waals surface area contributed by atoms with Crippen molar-refractivity contribution in [3.8, 4) is 0 Å². The Morgan fingerprint density at radius 1 is 1.50 bits per heavy atom. The number of thiazole rings is 1. The van der Waals surface area contributed by atoms with Crippen molar-refractivity contribution in [1.82, 2.24) is 15.2 Å². The molecule has 20 heavy (non-hydrogen) atoms. The maximum atomic E-state index is 12.3. The lowest BCUT2D eigenvalue weighted by atomic mass is 10.2. The summed E-state index contributed by atoms with van der Waals surface area (Å²) in [5.74, 6) is 0.768. The molecule has 1 rings (SSSR count). The first kappa shape index (κ1) is 16.7. The minimum atomic E-state index is -0.0614. The van der Waals surface area contributed by atoms with Gasteiger partial charge in [-0.1, -0.05) is 25.2 Å². The second-order valence-electron chi connectivity index (χ2n) is 5.19. The highest BCUT2D eigenvalue weighted by Crippen LogP contribution is 2.26. The minimum absolute atomic E-state index is 0.0614. The molecule has 0 aliphatic carbocycles. The molecule has 1 heterocycles. The van der Waals surface area contributed by atoms with Gasteiger partial charge in [0.25, 0.3) is 5.91 Å². The number of rotatable bonds is 8. The molecule has 0 unspecified atom stereocenters. The lowest BCUT2D eigenvalue weighted by Crippen LogP contribution is -2.29. The van der Waals surface area contributed by atoms with Crippen LogP contribution in [-0.4, -0.2) is 49.5 Å². The number of nitrogens with two attached hydrogens (primary N) is 1. The van der Waals surface area contributed by atoms with Gasteiger partial charge in [0.15, 0.2) is 5.13 Å². The SMILES string of the molecule is CNCCCN(C)C(=O)c1sc(NCC(C)C)nc1N. The summed E-state index contributed by atoms with van der Waals surface area (Å²) in [7, 11) is 3.69. The van der Waals surface area contributed by atoms with Gasteiger partial charge >= 0.3 is 0 Å². The van der Waals surface area contributed by atoms with Crippen LogP contribution in [0.5, 0.6) is 0 Å². The molecule has 1 aromatic rings. The summed E-state index contributed by atoms with van der Waals surface area (Å²) in [4.78, 5) is 18.7. The van der Waals surface area contributed by atoms with E-state index in [0.29, 0.717) is 28.3 Å². The van der Waals surface area contributed by atoms with Crippen LogP contribution in [0.1, 0.15) is 29.9 Å². The summed E-state index contributed by atoms with van der Waals surface area (Å²) < 4.78 is 0. The first-order valence-corrected chi connectivity index (χ1v) is 7.67. The van der Waals surface area contributed by atoms with Crippen molar-refractivity contribution in [3.05, 3.63) is 4.88 Å². The maximum absolute atomic E-state index is 12.3. The topological polar surface area (TPSA) is 83.3 Å². The number of carbonyl (C=O) groups is 1. The molecule has 0 spiro atoms. The lowest BCUT2D eigenvalue weighted by Gasteiger charge is -2.15. The number of nitrogens with one attached hydrogen (secondary N) is 2. The van der Waals surface area contributed by atoms with Crippen LogP contribution < -0.4 is 16.4 Å². The Morgan fingerprint density at radius 2 is 2.20 bits per heavy atom. The first-order valence-electron chi connectivity index (χ1n) is 6.86. The quantitative estimate of drug-likeness (QED) is 0.633. The summed E-state index contributed by atoms with van der Waals surface area (Å²) in [5, 5.41) is 6.97. The predicted molar refractivity (Wildman–Crippen MR) is 85.4 cm³/mol. The van der Waals surface area contributed by atoms with Crippen LogP contribution in [0.2, 0.25) is 0 Å². The maximum Gasteiger partial charge on any atom is 0.267 e. The fourth-order valence-corrected chi connectivity index (χ4v) is 2.51. The molecule has 4 N–H and O–H groups in total. The van der Waals surface area contributed by atoms with Gasteiger partial charge in [-0.15, -0.1) is 0 Å². The molecule has 0 saturated heterocycles. The van der Waals surface area contributed by atoms with E-state index < -0.39 is 0 Å². The van der Waals surface area contributed by atoms with E-state index in [1.807, 2.05) is 7.05 Å². The monoisotopic (exact) mass is 299 g/mol. The van der Waals surface area contributed by atoms with Crippen LogP contribution >= 0.6 is 11.3 Å². The molecule has 114 valence electrons. The first-order chi connectivity index (χ1) is 9.45. The summed E-state index contributed by atoms with van der Waals surface area (Å²) in [5.41, 5.74) is 5.84. The fourth-order valence-electron chi connectivity index (χ4n) is 1.62. The zero-order valence-electron chi connectivity index (χ0n) is 12.7. The molecule has 0 aromatic carbocycles. The number of hydrogen-bond donors (Lipinski definition) is 3. The van der Waals surface area contributed by atoms with E-state index in [4.69, 9.17) is 5.73 Å². The fraction of sp³-hybridized carbons (Fsp3) is 0.692. The normalized spacial score (nSPS) is 10.8. The number of carbonyl (C=O) groups excluding carboxylic acids is 1. The molecule has 0 fully saturated rings. The van der Waals surface area contributed by atoms with Crippen LogP contribution in [0.25, 0.3) is 0 Å². The Labute approximate surface area is 124 Å². The third-order valence-corrected chi connectivity index (χ3v) is 3.79. The highest BCUT2D eigenvalue weighted by atomic mass is 32.1. The zero-order chi connectivity index (χ0) is 15.1. The van der Waals surface area contributed by atoms with E-state index in [9.17, 15) is 4.79 Å². The smallest absolute Gasteiger partial charge is 0.267 e. The van der Waals surface area contributed by atoms with E-state index in [-0.39, 0.29) is 5.91 Å². The van der Waals surface area contributed by atoms with Gasteiger partial charge in [-0.2, -0.15) is 0 Å². The Hall–Kier alpha value is -1.34. The van der Waals surface area contributed by atoms with Crippen LogP contribution in [0.3, 0.4) is 0 Å². The Morgan fingerprint density at radius 3 is 2.80 bits per heavy atom. The van der Waals surface area contributed by atoms with Crippen molar-refractivity contribution < 1.29 is 4.79 Å². The van der Waals surface area contributed by atoms with Crippen LogP contribution in [0, 0.1) is 5.92 Å². The molecule has 7 heteroatoms. The summed E-state index contributed by atoms with van der Waals surface area (Å²) >= 11 is 1.32. The third kappa shape index (κ3) is 4.97. The minimum Gasteiger partial charge on any atom is -0.382 e. The lowest BCUT2D eigenvalue weighted by molar-refractivity contribution is 0.0799. The zero-order valence-corrected chi connectivity index (χ0v) is 13.5. The highest BCUT2D eigenvalue weighted by molar-refractivity contribution is 7.18. The van der Waals surface area contributed by atoms with E-state index >= 15 is 0 Å². The number of hydrogen-bond acceptors (Lipinski definition) is 6. The molecule has 1 amide bonds. The number of aromatic nitrogens is 1. The van der Waals surface area contributed by atoms with Gasteiger partial charge in [0.2, 0.25) is 0 Å². The second-order valence-corrected chi connectivity index (χ2v) is 6.19. The van der Waals surface area contributed by atoms with Gasteiger partial charge in [-0.05, 0) is 25.9 Å². The van der Waals surface area contributed by atoms with E-state index in [0.717, 1.165) is 19.5 Å². The number of nitrogens with zero attached hydrogens (tertiary/aromatic N) is 2. The van der Waals surface area contributed by atoms with Gasteiger partial charge in [0.1, 0.15) is 10.7 Å². The van der Waals surface area contributed by atoms with Crippen LogP contribution in [0.4, 0.5) is 10.9 Å².